The van der Waals surface area contributed by atoms with E-state index in [-0.39, 0.29) is 24.5 Å². The monoisotopic (exact) mass is 475 g/mol. The molecule has 10 heteroatoms. The summed E-state index contributed by atoms with van der Waals surface area (Å²) >= 11 is 1.42. The summed E-state index contributed by atoms with van der Waals surface area (Å²) in [5.41, 5.74) is 3.01. The number of H-pyrrole nitrogens is 1. The number of aromatic amines is 1. The molecule has 1 aliphatic heterocycles. The van der Waals surface area contributed by atoms with Crippen LogP contribution in [-0.2, 0) is 17.8 Å². The van der Waals surface area contributed by atoms with Crippen molar-refractivity contribution in [2.24, 2.45) is 0 Å². The van der Waals surface area contributed by atoms with Crippen molar-refractivity contribution < 1.29 is 19.1 Å². The fourth-order valence-corrected chi connectivity index (χ4v) is 5.38. The summed E-state index contributed by atoms with van der Waals surface area (Å²) in [7, 11) is 0. The Labute approximate surface area is 198 Å². The number of anilines is 1. The molecule has 0 radical (unpaired) electrons. The second kappa shape index (κ2) is 8.45. The summed E-state index contributed by atoms with van der Waals surface area (Å²) in [6, 6.07) is 12.8. The molecular formula is C24H21N5O4S. The Bertz CT molecular complexity index is 1380. The molecule has 4 aromatic rings. The van der Waals surface area contributed by atoms with Gasteiger partial charge >= 0.3 is 0 Å². The molecule has 3 N–H and O–H groups in total. The zero-order valence-electron chi connectivity index (χ0n) is 18.1. The smallest absolute Gasteiger partial charge is 0.257 e. The Morgan fingerprint density at radius 2 is 2.00 bits per heavy atom. The lowest BCUT2D eigenvalue weighted by Crippen LogP contribution is -2.31. The van der Waals surface area contributed by atoms with Crippen molar-refractivity contribution in [2.45, 2.75) is 31.7 Å². The number of hydrogen-bond acceptors (Lipinski definition) is 7. The van der Waals surface area contributed by atoms with Crippen LogP contribution in [0.1, 0.15) is 45.5 Å². The molecule has 172 valence electrons. The molecule has 0 fully saturated rings. The quantitative estimate of drug-likeness (QED) is 0.405. The van der Waals surface area contributed by atoms with Gasteiger partial charge in [0.1, 0.15) is 5.82 Å². The average molecular weight is 476 g/mol. The van der Waals surface area contributed by atoms with Crippen LogP contribution in [-0.4, -0.2) is 33.6 Å². The molecule has 0 saturated heterocycles. The Kier molecular flexibility index (Phi) is 5.14. The van der Waals surface area contributed by atoms with Crippen LogP contribution >= 0.6 is 11.3 Å². The fraction of sp³-hybridized carbons (Fsp3) is 0.250. The fourth-order valence-electron chi connectivity index (χ4n) is 4.32. The van der Waals surface area contributed by atoms with Gasteiger partial charge in [-0.25, -0.2) is 9.97 Å². The topological polar surface area (TPSA) is 118 Å². The number of nitrogens with zero attached hydrogens (tertiary/aromatic N) is 2. The third-order valence-corrected chi connectivity index (χ3v) is 7.04. The molecule has 2 aromatic heterocycles. The number of nitrogens with one attached hydrogen (secondary N) is 3. The SMILES string of the molecule is O=C(Nc1nc2c(s1)CCCC2C(=O)NCc1nc2ccccc2[nH]1)c1ccc2c(c1)OCO2. The number of thiazole rings is 1. The number of aryl methyl sites for hydroxylation is 1. The summed E-state index contributed by atoms with van der Waals surface area (Å²) in [6.45, 7) is 0.469. The number of amides is 2. The predicted molar refractivity (Wildman–Crippen MR) is 126 cm³/mol. The van der Waals surface area contributed by atoms with Gasteiger partial charge in [0.2, 0.25) is 12.7 Å². The largest absolute Gasteiger partial charge is 0.454 e. The van der Waals surface area contributed by atoms with E-state index in [9.17, 15) is 9.59 Å². The molecule has 1 atom stereocenters. The number of hydrogen-bond donors (Lipinski definition) is 3. The van der Waals surface area contributed by atoms with E-state index in [2.05, 4.69) is 25.6 Å². The Morgan fingerprint density at radius 1 is 1.12 bits per heavy atom. The average Bonchev–Trinajstić information content (AvgIpc) is 3.58. The van der Waals surface area contributed by atoms with Crippen molar-refractivity contribution in [1.29, 1.82) is 0 Å². The second-order valence-electron chi connectivity index (χ2n) is 8.21. The maximum atomic E-state index is 13.0. The summed E-state index contributed by atoms with van der Waals surface area (Å²) < 4.78 is 10.6. The first-order chi connectivity index (χ1) is 16.6. The van der Waals surface area contributed by atoms with Crippen LogP contribution in [0.25, 0.3) is 11.0 Å². The Balaban J connectivity index is 1.14. The van der Waals surface area contributed by atoms with Crippen molar-refractivity contribution in [3.63, 3.8) is 0 Å². The highest BCUT2D eigenvalue weighted by Gasteiger charge is 2.30. The minimum Gasteiger partial charge on any atom is -0.454 e. The third kappa shape index (κ3) is 3.86. The number of ether oxygens (including phenoxy) is 2. The molecule has 0 bridgehead atoms. The minimum absolute atomic E-state index is 0.0830. The first-order valence-corrected chi connectivity index (χ1v) is 11.9. The van der Waals surface area contributed by atoms with Gasteiger partial charge in [0.05, 0.1) is 29.2 Å². The van der Waals surface area contributed by atoms with E-state index in [0.717, 1.165) is 40.9 Å². The molecule has 9 nitrogen and oxygen atoms in total. The van der Waals surface area contributed by atoms with Gasteiger partial charge in [-0.2, -0.15) is 0 Å². The normalized spacial score (nSPS) is 16.3. The van der Waals surface area contributed by atoms with Gasteiger partial charge in [0.25, 0.3) is 5.91 Å². The molecule has 0 spiro atoms. The van der Waals surface area contributed by atoms with E-state index in [1.165, 1.54) is 11.3 Å². The number of aromatic nitrogens is 3. The maximum absolute atomic E-state index is 13.0. The Hall–Kier alpha value is -3.92. The molecule has 1 aliphatic carbocycles. The van der Waals surface area contributed by atoms with E-state index >= 15 is 0 Å². The van der Waals surface area contributed by atoms with Crippen LogP contribution in [0.2, 0.25) is 0 Å². The highest BCUT2D eigenvalue weighted by atomic mass is 32.1. The van der Waals surface area contributed by atoms with Crippen LogP contribution in [0, 0.1) is 0 Å². The van der Waals surface area contributed by atoms with Gasteiger partial charge in [-0.3, -0.25) is 14.9 Å². The highest BCUT2D eigenvalue weighted by Crippen LogP contribution is 2.37. The Morgan fingerprint density at radius 3 is 2.91 bits per heavy atom. The zero-order valence-corrected chi connectivity index (χ0v) is 18.9. The maximum Gasteiger partial charge on any atom is 0.257 e. The molecule has 6 rings (SSSR count). The summed E-state index contributed by atoms with van der Waals surface area (Å²) in [6.07, 6.45) is 2.46. The van der Waals surface area contributed by atoms with Crippen LogP contribution in [0.5, 0.6) is 11.5 Å². The van der Waals surface area contributed by atoms with E-state index in [4.69, 9.17) is 9.47 Å². The molecule has 2 aromatic carbocycles. The summed E-state index contributed by atoms with van der Waals surface area (Å²) in [5.74, 6) is 1.17. The molecule has 34 heavy (non-hydrogen) atoms. The number of benzene rings is 2. The number of rotatable bonds is 5. The van der Waals surface area contributed by atoms with Crippen LogP contribution in [0.3, 0.4) is 0 Å². The zero-order chi connectivity index (χ0) is 23.1. The number of carbonyl (C=O) groups excluding carboxylic acids is 2. The first kappa shape index (κ1) is 20.7. The lowest BCUT2D eigenvalue weighted by atomic mass is 9.90. The van der Waals surface area contributed by atoms with E-state index in [1.54, 1.807) is 18.2 Å². The van der Waals surface area contributed by atoms with E-state index in [1.807, 2.05) is 24.3 Å². The molecular weight excluding hydrogens is 454 g/mol. The first-order valence-electron chi connectivity index (χ1n) is 11.1. The summed E-state index contributed by atoms with van der Waals surface area (Å²) in [5, 5.41) is 6.34. The van der Waals surface area contributed by atoms with Gasteiger partial charge in [-0.1, -0.05) is 12.1 Å². The number of fused-ring (bicyclic) bond motifs is 3. The minimum atomic E-state index is -0.347. The molecule has 2 amide bonds. The van der Waals surface area contributed by atoms with Gasteiger partial charge in [-0.05, 0) is 49.6 Å². The molecule has 0 saturated carbocycles. The van der Waals surface area contributed by atoms with Crippen molar-refractivity contribution in [2.75, 3.05) is 12.1 Å². The van der Waals surface area contributed by atoms with E-state index in [0.29, 0.717) is 34.6 Å². The van der Waals surface area contributed by atoms with Gasteiger partial charge < -0.3 is 19.8 Å². The van der Waals surface area contributed by atoms with Crippen molar-refractivity contribution in [3.05, 3.63) is 64.4 Å². The van der Waals surface area contributed by atoms with Crippen LogP contribution < -0.4 is 20.1 Å². The van der Waals surface area contributed by atoms with Crippen LogP contribution in [0.4, 0.5) is 5.13 Å². The number of imidazole rings is 1. The van der Waals surface area contributed by atoms with Gasteiger partial charge in [-0.15, -0.1) is 11.3 Å². The molecule has 2 aliphatic rings. The van der Waals surface area contributed by atoms with Crippen molar-refractivity contribution in [3.8, 4) is 11.5 Å². The third-order valence-electron chi connectivity index (χ3n) is 5.99. The lowest BCUT2D eigenvalue weighted by Gasteiger charge is -2.20. The predicted octanol–water partition coefficient (Wildman–Crippen LogP) is 3.74. The van der Waals surface area contributed by atoms with Gasteiger partial charge in [0.15, 0.2) is 16.6 Å². The number of carbonyl (C=O) groups is 2. The van der Waals surface area contributed by atoms with Crippen molar-refractivity contribution in [1.82, 2.24) is 20.3 Å². The van der Waals surface area contributed by atoms with Gasteiger partial charge in [0, 0.05) is 10.4 Å². The lowest BCUT2D eigenvalue weighted by molar-refractivity contribution is -0.123. The standard InChI is InChI=1S/C24H21N5O4S/c30-22(13-8-9-17-18(10-13)33-12-32-17)29-24-28-21-14(4-3-7-19(21)34-24)23(31)25-11-20-26-15-5-1-2-6-16(15)27-20/h1-2,5-6,8-10,14H,3-4,7,11-12H2,(H,25,31)(H,26,27)(H,28,29,30). The van der Waals surface area contributed by atoms with Crippen molar-refractivity contribution >= 4 is 39.3 Å². The molecule has 3 heterocycles. The highest BCUT2D eigenvalue weighted by molar-refractivity contribution is 7.16. The summed E-state index contributed by atoms with van der Waals surface area (Å²) in [4.78, 5) is 39.2. The van der Waals surface area contributed by atoms with Crippen LogP contribution in [0.15, 0.2) is 42.5 Å². The van der Waals surface area contributed by atoms with E-state index < -0.39 is 0 Å². The molecule has 1 unspecified atom stereocenters. The number of para-hydroxylation sites is 2. The second-order valence-corrected chi connectivity index (χ2v) is 9.30.